The Bertz CT molecular complexity index is 462. The summed E-state index contributed by atoms with van der Waals surface area (Å²) in [5.74, 6) is -1.32. The second-order valence-electron chi connectivity index (χ2n) is 2.32. The Morgan fingerprint density at radius 2 is 2.00 bits per heavy atom. The van der Waals surface area contributed by atoms with Gasteiger partial charge in [-0.25, -0.2) is 5.26 Å². The van der Waals surface area contributed by atoms with Gasteiger partial charge in [0, 0.05) is 30.6 Å². The van der Waals surface area contributed by atoms with Crippen molar-refractivity contribution in [2.24, 2.45) is 0 Å². The van der Waals surface area contributed by atoms with Crippen LogP contribution in [0.4, 0.5) is 5.69 Å². The number of carboxylic acid groups (broad SMARTS) is 1. The van der Waals surface area contributed by atoms with E-state index in [1.807, 2.05) is 0 Å². The Balaban J connectivity index is -0.000000245. The number of carboxylic acids is 1. The molecule has 0 aliphatic heterocycles. The Morgan fingerprint density at radius 3 is 2.33 bits per heavy atom. The van der Waals surface area contributed by atoms with Gasteiger partial charge < -0.3 is 17.3 Å². The van der Waals surface area contributed by atoms with Crippen LogP contribution in [0.3, 0.4) is 0 Å². The van der Waals surface area contributed by atoms with Crippen molar-refractivity contribution in [1.82, 2.24) is 0 Å². The predicted molar refractivity (Wildman–Crippen MR) is 72.2 cm³/mol. The fraction of sp³-hybridized carbons (Fsp3) is 0. The van der Waals surface area contributed by atoms with Gasteiger partial charge in [-0.3, -0.25) is 10.1 Å². The standard InChI is InChI=1S/C8H3N2O4.CH3.Ir.2H3P/c9-4-6-2-1-5(8(11)12)3-7(6)10(13)14;;;;/h2-3H,(H,11,12);1H3;;2*1H3/q2*-1;;;. The van der Waals surface area contributed by atoms with Crippen LogP contribution in [0.25, 0.3) is 0 Å². The second kappa shape index (κ2) is 11.2. The summed E-state index contributed by atoms with van der Waals surface area (Å²) < 4.78 is 0. The minimum atomic E-state index is -1.32. The molecule has 0 aliphatic carbocycles. The van der Waals surface area contributed by atoms with Crippen molar-refractivity contribution in [3.63, 3.8) is 0 Å². The fourth-order valence-corrected chi connectivity index (χ4v) is 0.844. The van der Waals surface area contributed by atoms with Crippen LogP contribution >= 0.6 is 19.8 Å². The Kier molecular flexibility index (Phi) is 16.1. The molecular formula is C9H12IrN2O4P2-2. The molecule has 0 fully saturated rings. The zero-order valence-corrected chi connectivity index (χ0v) is 14.7. The van der Waals surface area contributed by atoms with Crippen LogP contribution in [0.1, 0.15) is 15.9 Å². The van der Waals surface area contributed by atoms with Gasteiger partial charge in [-0.1, -0.05) is 11.6 Å². The van der Waals surface area contributed by atoms with Crippen LogP contribution < -0.4 is 0 Å². The molecule has 0 heterocycles. The van der Waals surface area contributed by atoms with Crippen LogP contribution in [0, 0.1) is 34.9 Å². The molecule has 0 aromatic heterocycles. The van der Waals surface area contributed by atoms with Gasteiger partial charge in [0.1, 0.15) is 0 Å². The van der Waals surface area contributed by atoms with E-state index < -0.39 is 16.6 Å². The molecule has 103 valence electrons. The minimum Gasteiger partial charge on any atom is -0.521 e. The number of nitro benzene ring substituents is 1. The van der Waals surface area contributed by atoms with Gasteiger partial charge in [0.15, 0.2) is 0 Å². The summed E-state index contributed by atoms with van der Waals surface area (Å²) in [5.41, 5.74) is -1.07. The molecule has 1 aromatic rings. The van der Waals surface area contributed by atoms with Gasteiger partial charge in [0.05, 0.1) is 6.07 Å². The normalized spacial score (nSPS) is 7.06. The number of hydrogen-bond donors (Lipinski definition) is 1. The number of carbonyl (C=O) groups is 1. The van der Waals surface area contributed by atoms with Crippen LogP contribution in [0.2, 0.25) is 0 Å². The Morgan fingerprint density at radius 1 is 1.50 bits per heavy atom. The molecule has 2 atom stereocenters. The van der Waals surface area contributed by atoms with Crippen LogP contribution in [0.5, 0.6) is 0 Å². The van der Waals surface area contributed by atoms with E-state index in [1.54, 1.807) is 6.07 Å². The van der Waals surface area contributed by atoms with Crippen molar-refractivity contribution >= 4 is 31.5 Å². The number of benzene rings is 1. The summed E-state index contributed by atoms with van der Waals surface area (Å²) in [4.78, 5) is 20.0. The molecule has 0 saturated carbocycles. The first-order chi connectivity index (χ1) is 6.56. The fourth-order valence-electron chi connectivity index (χ4n) is 0.844. The van der Waals surface area contributed by atoms with Crippen LogP contribution in [-0.2, 0) is 20.1 Å². The van der Waals surface area contributed by atoms with E-state index in [1.165, 1.54) is 0 Å². The minimum absolute atomic E-state index is 0. The van der Waals surface area contributed by atoms with E-state index >= 15 is 0 Å². The third-order valence-electron chi connectivity index (χ3n) is 1.48. The first-order valence-electron chi connectivity index (χ1n) is 3.39. The maximum absolute atomic E-state index is 10.4. The molecule has 1 radical (unpaired) electrons. The SMILES string of the molecule is N#Cc1c[c-]c(C(=O)O)cc1[N+](=O)[O-].P.P.[CH3-].[Ir]. The summed E-state index contributed by atoms with van der Waals surface area (Å²) in [6.07, 6.45) is 0. The average molecular weight is 466 g/mol. The molecule has 1 aromatic carbocycles. The largest absolute Gasteiger partial charge is 0.521 e. The number of aromatic carboxylic acids is 1. The molecule has 0 bridgehead atoms. The van der Waals surface area contributed by atoms with E-state index in [0.717, 1.165) is 12.1 Å². The van der Waals surface area contributed by atoms with Gasteiger partial charge in [0.2, 0.25) is 11.7 Å². The monoisotopic (exact) mass is 467 g/mol. The summed E-state index contributed by atoms with van der Waals surface area (Å²) in [5, 5.41) is 27.4. The van der Waals surface area contributed by atoms with Gasteiger partial charge in [-0.2, -0.15) is 19.8 Å². The molecule has 2 unspecified atom stereocenters. The summed E-state index contributed by atoms with van der Waals surface area (Å²) in [7, 11) is 0. The van der Waals surface area contributed by atoms with E-state index in [2.05, 4.69) is 6.07 Å². The van der Waals surface area contributed by atoms with Crippen molar-refractivity contribution < 1.29 is 34.9 Å². The quantitative estimate of drug-likeness (QED) is 0.308. The average Bonchev–Trinajstić information content (AvgIpc) is 2.16. The van der Waals surface area contributed by atoms with Gasteiger partial charge >= 0.3 is 0 Å². The molecule has 0 spiro atoms. The molecule has 0 aliphatic rings. The van der Waals surface area contributed by atoms with Crippen molar-refractivity contribution in [3.05, 3.63) is 46.9 Å². The molecule has 0 amide bonds. The van der Waals surface area contributed by atoms with Gasteiger partial charge in [-0.15, -0.1) is 12.1 Å². The van der Waals surface area contributed by atoms with Crippen LogP contribution in [-0.4, -0.2) is 16.0 Å². The molecule has 18 heavy (non-hydrogen) atoms. The Labute approximate surface area is 125 Å². The number of nitrogens with zero attached hydrogens (tertiary/aromatic N) is 2. The van der Waals surface area contributed by atoms with Gasteiger partial charge in [-0.05, 0) is 0 Å². The molecule has 6 nitrogen and oxygen atoms in total. The number of nitriles is 1. The summed E-state index contributed by atoms with van der Waals surface area (Å²) >= 11 is 0. The molecule has 9 heteroatoms. The van der Waals surface area contributed by atoms with Crippen molar-refractivity contribution in [2.75, 3.05) is 0 Å². The van der Waals surface area contributed by atoms with Crippen molar-refractivity contribution in [3.8, 4) is 6.07 Å². The van der Waals surface area contributed by atoms with Crippen molar-refractivity contribution in [1.29, 1.82) is 5.26 Å². The van der Waals surface area contributed by atoms with E-state index in [4.69, 9.17) is 10.4 Å². The van der Waals surface area contributed by atoms with Gasteiger partial charge in [0.25, 0.3) is 0 Å². The molecule has 1 rings (SSSR count). The van der Waals surface area contributed by atoms with E-state index in [-0.39, 0.29) is 58.5 Å². The van der Waals surface area contributed by atoms with Crippen LogP contribution in [0.15, 0.2) is 12.1 Å². The first-order valence-corrected chi connectivity index (χ1v) is 3.39. The maximum atomic E-state index is 10.4. The number of rotatable bonds is 2. The Hall–Kier alpha value is -0.911. The summed E-state index contributed by atoms with van der Waals surface area (Å²) in [6, 6.07) is 5.63. The smallest absolute Gasteiger partial charge is 0.247 e. The zero-order valence-electron chi connectivity index (χ0n) is 9.47. The molecule has 0 saturated heterocycles. The van der Waals surface area contributed by atoms with E-state index in [9.17, 15) is 14.9 Å². The van der Waals surface area contributed by atoms with Crippen molar-refractivity contribution in [2.45, 2.75) is 0 Å². The zero-order chi connectivity index (χ0) is 10.7. The second-order valence-corrected chi connectivity index (χ2v) is 2.32. The first kappa shape index (κ1) is 25.8. The summed E-state index contributed by atoms with van der Waals surface area (Å²) in [6.45, 7) is 0. The molecular weight excluding hydrogens is 454 g/mol. The predicted octanol–water partition coefficient (Wildman–Crippen LogP) is 1.53. The number of hydrogen-bond acceptors (Lipinski definition) is 4. The third kappa shape index (κ3) is 6.14. The topological polar surface area (TPSA) is 104 Å². The maximum Gasteiger partial charge on any atom is 0.247 e. The third-order valence-corrected chi connectivity index (χ3v) is 1.48. The number of nitro groups is 1. The molecule has 1 N–H and O–H groups in total. The van der Waals surface area contributed by atoms with E-state index in [0.29, 0.717) is 0 Å².